The van der Waals surface area contributed by atoms with E-state index in [0.717, 1.165) is 0 Å². The molecule has 14 heteroatoms. The molecule has 0 fully saturated rings. The minimum Gasteiger partial charge on any atom is -0.464 e. The standard InChI is InChI=1S/C14H10F8O6/c1-25-9(23)11(15,16)13(19,20)27-7-3-5-8(6-4-7)28-14(21,22)12(17,18)10(24)26-2/h3-6H,1-2H3. The van der Waals surface area contributed by atoms with E-state index < -0.39 is 47.5 Å². The number of carbonyl (C=O) groups excluding carboxylic acids is 2. The van der Waals surface area contributed by atoms with Gasteiger partial charge in [-0.05, 0) is 24.3 Å². The van der Waals surface area contributed by atoms with E-state index in [1.807, 2.05) is 0 Å². The Labute approximate surface area is 150 Å². The van der Waals surface area contributed by atoms with Crippen LogP contribution in [-0.2, 0) is 19.1 Å². The van der Waals surface area contributed by atoms with E-state index in [1.165, 1.54) is 0 Å². The van der Waals surface area contributed by atoms with Crippen molar-refractivity contribution in [3.8, 4) is 11.5 Å². The third kappa shape index (κ3) is 4.36. The number of ether oxygens (including phenoxy) is 4. The first kappa shape index (κ1) is 23.2. The van der Waals surface area contributed by atoms with Crippen molar-refractivity contribution in [3.63, 3.8) is 0 Å². The third-order valence-electron chi connectivity index (χ3n) is 2.93. The molecule has 0 spiro atoms. The highest BCUT2D eigenvalue weighted by Crippen LogP contribution is 2.39. The monoisotopic (exact) mass is 426 g/mol. The average Bonchev–Trinajstić information content (AvgIpc) is 2.60. The molecular weight excluding hydrogens is 416 g/mol. The Hall–Kier alpha value is -2.80. The number of alkyl halides is 8. The van der Waals surface area contributed by atoms with Crippen molar-refractivity contribution < 1.29 is 63.7 Å². The van der Waals surface area contributed by atoms with E-state index in [1.54, 1.807) is 0 Å². The quantitative estimate of drug-likeness (QED) is 0.470. The van der Waals surface area contributed by atoms with Gasteiger partial charge in [0.15, 0.2) is 0 Å². The predicted molar refractivity (Wildman–Crippen MR) is 71.5 cm³/mol. The lowest BCUT2D eigenvalue weighted by molar-refractivity contribution is -0.304. The Morgan fingerprint density at radius 3 is 1.11 bits per heavy atom. The fourth-order valence-corrected chi connectivity index (χ4v) is 1.49. The molecule has 0 saturated heterocycles. The van der Waals surface area contributed by atoms with Crippen LogP contribution in [-0.4, -0.2) is 50.2 Å². The summed E-state index contributed by atoms with van der Waals surface area (Å²) in [7, 11) is 0.839. The van der Waals surface area contributed by atoms with Crippen LogP contribution in [0.2, 0.25) is 0 Å². The maximum atomic E-state index is 13.4. The van der Waals surface area contributed by atoms with Gasteiger partial charge >= 0.3 is 36.0 Å². The highest BCUT2D eigenvalue weighted by molar-refractivity contribution is 5.79. The van der Waals surface area contributed by atoms with Crippen LogP contribution in [0.4, 0.5) is 35.1 Å². The zero-order chi connectivity index (χ0) is 22.0. The zero-order valence-corrected chi connectivity index (χ0v) is 13.8. The first-order valence-corrected chi connectivity index (χ1v) is 6.78. The second-order valence-electron chi connectivity index (χ2n) is 4.84. The van der Waals surface area contributed by atoms with Crippen molar-refractivity contribution in [1.29, 1.82) is 0 Å². The minimum atomic E-state index is -5.40. The Morgan fingerprint density at radius 1 is 0.643 bits per heavy atom. The van der Waals surface area contributed by atoms with Gasteiger partial charge in [0.05, 0.1) is 14.2 Å². The van der Waals surface area contributed by atoms with E-state index in [-0.39, 0.29) is 0 Å². The summed E-state index contributed by atoms with van der Waals surface area (Å²) < 4.78 is 121. The van der Waals surface area contributed by atoms with Gasteiger partial charge in [-0.3, -0.25) is 0 Å². The molecule has 6 nitrogen and oxygen atoms in total. The van der Waals surface area contributed by atoms with Crippen molar-refractivity contribution in [3.05, 3.63) is 24.3 Å². The van der Waals surface area contributed by atoms with Crippen molar-refractivity contribution in [2.24, 2.45) is 0 Å². The molecule has 28 heavy (non-hydrogen) atoms. The van der Waals surface area contributed by atoms with Gasteiger partial charge in [0.25, 0.3) is 0 Å². The van der Waals surface area contributed by atoms with E-state index in [0.29, 0.717) is 38.5 Å². The molecule has 1 aromatic carbocycles. The van der Waals surface area contributed by atoms with Crippen LogP contribution in [0.25, 0.3) is 0 Å². The average molecular weight is 426 g/mol. The van der Waals surface area contributed by atoms with Crippen LogP contribution in [0.1, 0.15) is 0 Å². The molecule has 1 rings (SSSR count). The number of hydrogen-bond donors (Lipinski definition) is 0. The summed E-state index contributed by atoms with van der Waals surface area (Å²) in [6.45, 7) is 0. The van der Waals surface area contributed by atoms with Crippen molar-refractivity contribution in [1.82, 2.24) is 0 Å². The first-order valence-electron chi connectivity index (χ1n) is 6.78. The number of rotatable bonds is 8. The summed E-state index contributed by atoms with van der Waals surface area (Å²) in [5.41, 5.74) is 0. The van der Waals surface area contributed by atoms with Gasteiger partial charge in [0.2, 0.25) is 0 Å². The highest BCUT2D eigenvalue weighted by atomic mass is 19.3. The number of hydrogen-bond acceptors (Lipinski definition) is 6. The van der Waals surface area contributed by atoms with Gasteiger partial charge in [-0.1, -0.05) is 0 Å². The van der Waals surface area contributed by atoms with Gasteiger partial charge in [-0.15, -0.1) is 0 Å². The summed E-state index contributed by atoms with van der Waals surface area (Å²) in [6.07, 6.45) is -10.8. The third-order valence-corrected chi connectivity index (χ3v) is 2.93. The van der Waals surface area contributed by atoms with E-state index in [2.05, 4.69) is 18.9 Å². The van der Waals surface area contributed by atoms with Gasteiger partial charge in [-0.25, -0.2) is 9.59 Å². The molecule has 0 N–H and O–H groups in total. The van der Waals surface area contributed by atoms with Crippen LogP contribution in [0.15, 0.2) is 24.3 Å². The molecular formula is C14H10F8O6. The topological polar surface area (TPSA) is 71.1 Å². The smallest absolute Gasteiger partial charge is 0.464 e. The molecule has 0 aliphatic rings. The van der Waals surface area contributed by atoms with Crippen molar-refractivity contribution in [2.75, 3.05) is 14.2 Å². The highest BCUT2D eigenvalue weighted by Gasteiger charge is 2.67. The Bertz CT molecular complexity index is 658. The van der Waals surface area contributed by atoms with E-state index in [4.69, 9.17) is 0 Å². The second kappa shape index (κ2) is 7.67. The molecule has 0 saturated carbocycles. The molecule has 0 unspecified atom stereocenters. The maximum Gasteiger partial charge on any atom is 0.476 e. The van der Waals surface area contributed by atoms with Crippen LogP contribution in [0.3, 0.4) is 0 Å². The Kier molecular flexibility index (Phi) is 6.37. The second-order valence-corrected chi connectivity index (χ2v) is 4.84. The summed E-state index contributed by atoms with van der Waals surface area (Å²) in [5.74, 6) is -18.1. The van der Waals surface area contributed by atoms with Gasteiger partial charge < -0.3 is 18.9 Å². The normalized spacial score (nSPS) is 12.9. The molecule has 0 amide bonds. The van der Waals surface area contributed by atoms with Crippen molar-refractivity contribution in [2.45, 2.75) is 24.1 Å². The van der Waals surface area contributed by atoms with Crippen LogP contribution >= 0.6 is 0 Å². The molecule has 0 radical (unpaired) electrons. The molecule has 0 bridgehead atoms. The summed E-state index contributed by atoms with van der Waals surface area (Å²) >= 11 is 0. The molecule has 0 aromatic heterocycles. The Balaban J connectivity index is 2.98. The van der Waals surface area contributed by atoms with Gasteiger partial charge in [-0.2, -0.15) is 35.1 Å². The van der Waals surface area contributed by atoms with E-state index in [9.17, 15) is 44.7 Å². The summed E-state index contributed by atoms with van der Waals surface area (Å²) in [5, 5.41) is 0. The number of methoxy groups -OCH3 is 2. The predicted octanol–water partition coefficient (Wildman–Crippen LogP) is 3.25. The number of benzene rings is 1. The molecule has 0 aliphatic carbocycles. The van der Waals surface area contributed by atoms with Gasteiger partial charge in [0.1, 0.15) is 11.5 Å². The Morgan fingerprint density at radius 2 is 0.893 bits per heavy atom. The summed E-state index contributed by atoms with van der Waals surface area (Å²) in [6, 6.07) is 1.51. The van der Waals surface area contributed by atoms with E-state index >= 15 is 0 Å². The number of carbonyl (C=O) groups is 2. The summed E-state index contributed by atoms with van der Waals surface area (Å²) in [4.78, 5) is 21.4. The molecule has 0 atom stereocenters. The molecule has 0 aliphatic heterocycles. The van der Waals surface area contributed by atoms with Crippen LogP contribution < -0.4 is 9.47 Å². The first-order chi connectivity index (χ1) is 12.6. The fraction of sp³-hybridized carbons (Fsp3) is 0.429. The lowest BCUT2D eigenvalue weighted by atomic mass is 10.3. The largest absolute Gasteiger partial charge is 0.476 e. The van der Waals surface area contributed by atoms with Crippen LogP contribution in [0, 0.1) is 0 Å². The lowest BCUT2D eigenvalue weighted by Crippen LogP contribution is -2.51. The lowest BCUT2D eigenvalue weighted by Gasteiger charge is -2.25. The zero-order valence-electron chi connectivity index (χ0n) is 13.8. The minimum absolute atomic E-state index is 0.378. The SMILES string of the molecule is COC(=O)C(F)(F)C(F)(F)Oc1ccc(OC(F)(F)C(F)(F)C(=O)OC)cc1. The van der Waals surface area contributed by atoms with Crippen LogP contribution in [0.5, 0.6) is 11.5 Å². The molecule has 0 heterocycles. The maximum absolute atomic E-state index is 13.4. The number of halogens is 8. The van der Waals surface area contributed by atoms with Crippen molar-refractivity contribution >= 4 is 11.9 Å². The fourth-order valence-electron chi connectivity index (χ4n) is 1.49. The number of esters is 2. The molecule has 158 valence electrons. The van der Waals surface area contributed by atoms with Gasteiger partial charge in [0, 0.05) is 0 Å². The molecule has 1 aromatic rings.